The van der Waals surface area contributed by atoms with Gasteiger partial charge in [0.2, 0.25) is 0 Å². The lowest BCUT2D eigenvalue weighted by molar-refractivity contribution is -0.831. The molecule has 0 spiro atoms. The van der Waals surface area contributed by atoms with E-state index in [1.54, 1.807) is 16.8 Å². The number of aromatic nitrogens is 4. The van der Waals surface area contributed by atoms with Crippen molar-refractivity contribution >= 4 is 6.08 Å². The molecule has 98 valence electrons. The number of benzene rings is 1. The lowest BCUT2D eigenvalue weighted by Gasteiger charge is -2.04. The van der Waals surface area contributed by atoms with Gasteiger partial charge in [-0.15, -0.1) is 5.10 Å². The van der Waals surface area contributed by atoms with E-state index in [0.717, 1.165) is 18.8 Å². The Morgan fingerprint density at radius 2 is 1.89 bits per heavy atom. The Bertz CT molecular complexity index is 569. The quantitative estimate of drug-likeness (QED) is 0.871. The largest absolute Gasteiger partial charge is 0.309 e. The van der Waals surface area contributed by atoms with Gasteiger partial charge in [0, 0.05) is 18.9 Å². The van der Waals surface area contributed by atoms with Crippen molar-refractivity contribution in [3.05, 3.63) is 42.1 Å². The monoisotopic (exact) mass is 260 g/mol. The van der Waals surface area contributed by atoms with E-state index in [-0.39, 0.29) is 5.82 Å². The fraction of sp³-hybridized carbons (Fsp3) is 0.308. The van der Waals surface area contributed by atoms with Gasteiger partial charge < -0.3 is 4.90 Å². The lowest BCUT2D eigenvalue weighted by Crippen LogP contribution is -3.05. The first kappa shape index (κ1) is 12.0. The summed E-state index contributed by atoms with van der Waals surface area (Å²) in [6.07, 6.45) is 6.55. The molecule has 0 radical (unpaired) electrons. The SMILES string of the molecule is Fc1ccc(-n2nnnc2/C=C/[NH+]2CCCC2)cc1. The summed E-state index contributed by atoms with van der Waals surface area (Å²) in [5.74, 6) is 0.390. The number of likely N-dealkylation sites (tertiary alicyclic amines) is 1. The summed E-state index contributed by atoms with van der Waals surface area (Å²) in [6.45, 7) is 2.32. The number of halogens is 1. The molecule has 1 aliphatic rings. The van der Waals surface area contributed by atoms with Crippen LogP contribution in [-0.2, 0) is 0 Å². The van der Waals surface area contributed by atoms with Crippen molar-refractivity contribution in [2.24, 2.45) is 0 Å². The zero-order chi connectivity index (χ0) is 13.1. The van der Waals surface area contributed by atoms with E-state index in [4.69, 9.17) is 0 Å². The van der Waals surface area contributed by atoms with Gasteiger partial charge in [-0.25, -0.2) is 4.39 Å². The van der Waals surface area contributed by atoms with Gasteiger partial charge in [-0.1, -0.05) is 0 Å². The summed E-state index contributed by atoms with van der Waals surface area (Å²) in [6, 6.07) is 6.12. The molecule has 0 unspecified atom stereocenters. The maximum Gasteiger partial charge on any atom is 0.185 e. The molecule has 2 aromatic rings. The summed E-state index contributed by atoms with van der Waals surface area (Å²) < 4.78 is 14.5. The van der Waals surface area contributed by atoms with Crippen LogP contribution in [0.25, 0.3) is 11.8 Å². The summed E-state index contributed by atoms with van der Waals surface area (Å²) in [7, 11) is 0. The topological polar surface area (TPSA) is 48.0 Å². The summed E-state index contributed by atoms with van der Waals surface area (Å²) >= 11 is 0. The maximum absolute atomic E-state index is 12.9. The minimum Gasteiger partial charge on any atom is -0.309 e. The molecule has 1 saturated heterocycles. The highest BCUT2D eigenvalue weighted by atomic mass is 19.1. The van der Waals surface area contributed by atoms with Gasteiger partial charge in [-0.05, 0) is 34.7 Å². The second kappa shape index (κ2) is 5.27. The second-order valence-corrected chi connectivity index (χ2v) is 4.62. The average Bonchev–Trinajstić information content (AvgIpc) is 3.08. The molecule has 2 heterocycles. The van der Waals surface area contributed by atoms with Crippen molar-refractivity contribution in [1.82, 2.24) is 20.2 Å². The summed E-state index contributed by atoms with van der Waals surface area (Å²) in [4.78, 5) is 1.44. The van der Waals surface area contributed by atoms with Crippen LogP contribution in [0.2, 0.25) is 0 Å². The molecule has 1 aromatic heterocycles. The third-order valence-electron chi connectivity index (χ3n) is 3.28. The number of tetrazole rings is 1. The number of nitrogens with one attached hydrogen (secondary N) is 1. The minimum atomic E-state index is -0.268. The molecule has 1 aromatic carbocycles. The number of nitrogens with zero attached hydrogens (tertiary/aromatic N) is 4. The Kier molecular flexibility index (Phi) is 3.33. The molecular formula is C13H15FN5+. The fourth-order valence-electron chi connectivity index (χ4n) is 2.25. The molecule has 1 aliphatic heterocycles. The van der Waals surface area contributed by atoms with E-state index < -0.39 is 0 Å². The molecule has 19 heavy (non-hydrogen) atoms. The van der Waals surface area contributed by atoms with E-state index in [9.17, 15) is 4.39 Å². The van der Waals surface area contributed by atoms with Gasteiger partial charge in [-0.2, -0.15) is 4.68 Å². The van der Waals surface area contributed by atoms with Gasteiger partial charge in [0.15, 0.2) is 5.82 Å². The first-order valence-corrected chi connectivity index (χ1v) is 6.40. The molecule has 0 amide bonds. The molecule has 0 aliphatic carbocycles. The number of hydrogen-bond donors (Lipinski definition) is 1. The highest BCUT2D eigenvalue weighted by Gasteiger charge is 2.13. The van der Waals surface area contributed by atoms with Crippen molar-refractivity contribution in [2.75, 3.05) is 13.1 Å². The third kappa shape index (κ3) is 2.68. The highest BCUT2D eigenvalue weighted by molar-refractivity contribution is 5.42. The van der Waals surface area contributed by atoms with Crippen LogP contribution in [0.15, 0.2) is 30.5 Å². The van der Waals surface area contributed by atoms with Gasteiger partial charge in [0.1, 0.15) is 5.82 Å². The van der Waals surface area contributed by atoms with Crippen LogP contribution < -0.4 is 4.90 Å². The van der Waals surface area contributed by atoms with Crippen molar-refractivity contribution in [1.29, 1.82) is 0 Å². The number of quaternary nitrogens is 1. The lowest BCUT2D eigenvalue weighted by atomic mass is 10.3. The van der Waals surface area contributed by atoms with Crippen LogP contribution in [0.4, 0.5) is 4.39 Å². The second-order valence-electron chi connectivity index (χ2n) is 4.62. The van der Waals surface area contributed by atoms with Crippen LogP contribution in [0.1, 0.15) is 18.7 Å². The molecule has 6 heteroatoms. The Labute approximate surface area is 110 Å². The van der Waals surface area contributed by atoms with Crippen LogP contribution in [-0.4, -0.2) is 33.3 Å². The normalized spacial score (nSPS) is 16.5. The first-order chi connectivity index (χ1) is 9.33. The van der Waals surface area contributed by atoms with Crippen molar-refractivity contribution < 1.29 is 9.29 Å². The van der Waals surface area contributed by atoms with E-state index in [1.807, 2.05) is 6.08 Å². The third-order valence-corrected chi connectivity index (χ3v) is 3.28. The van der Waals surface area contributed by atoms with Gasteiger partial charge in [0.05, 0.1) is 25.0 Å². The fourth-order valence-corrected chi connectivity index (χ4v) is 2.25. The predicted octanol–water partition coefficient (Wildman–Crippen LogP) is 0.451. The zero-order valence-electron chi connectivity index (χ0n) is 10.5. The zero-order valence-corrected chi connectivity index (χ0v) is 10.5. The molecule has 0 atom stereocenters. The highest BCUT2D eigenvalue weighted by Crippen LogP contribution is 2.09. The standard InChI is InChI=1S/C13H14FN5/c14-11-3-5-12(6-4-11)19-13(15-16-17-19)7-10-18-8-1-2-9-18/h3-7,10H,1-2,8-9H2/p+1/b10-7+. The van der Waals surface area contributed by atoms with Crippen LogP contribution in [0.3, 0.4) is 0 Å². The Hall–Kier alpha value is -2.08. The van der Waals surface area contributed by atoms with Gasteiger partial charge in [-0.3, -0.25) is 0 Å². The van der Waals surface area contributed by atoms with Crippen molar-refractivity contribution in [3.63, 3.8) is 0 Å². The van der Waals surface area contributed by atoms with Crippen molar-refractivity contribution in [3.8, 4) is 5.69 Å². The number of rotatable bonds is 3. The molecule has 5 nitrogen and oxygen atoms in total. The molecule has 1 N–H and O–H groups in total. The maximum atomic E-state index is 12.9. The molecule has 1 fully saturated rings. The average molecular weight is 260 g/mol. The summed E-state index contributed by atoms with van der Waals surface area (Å²) in [5.41, 5.74) is 0.752. The Morgan fingerprint density at radius 3 is 2.63 bits per heavy atom. The van der Waals surface area contributed by atoms with Crippen LogP contribution >= 0.6 is 0 Å². The minimum absolute atomic E-state index is 0.268. The van der Waals surface area contributed by atoms with E-state index in [0.29, 0.717) is 5.82 Å². The Balaban J connectivity index is 1.83. The number of hydrogen-bond acceptors (Lipinski definition) is 3. The Morgan fingerprint density at radius 1 is 1.16 bits per heavy atom. The van der Waals surface area contributed by atoms with E-state index in [2.05, 4.69) is 21.7 Å². The predicted molar refractivity (Wildman–Crippen MR) is 68.1 cm³/mol. The van der Waals surface area contributed by atoms with E-state index in [1.165, 1.54) is 29.9 Å². The van der Waals surface area contributed by atoms with Crippen molar-refractivity contribution in [2.45, 2.75) is 12.8 Å². The van der Waals surface area contributed by atoms with Crippen LogP contribution in [0.5, 0.6) is 0 Å². The first-order valence-electron chi connectivity index (χ1n) is 6.40. The smallest absolute Gasteiger partial charge is 0.185 e. The molecule has 0 bridgehead atoms. The molecular weight excluding hydrogens is 245 g/mol. The van der Waals surface area contributed by atoms with E-state index >= 15 is 0 Å². The molecule has 0 saturated carbocycles. The summed E-state index contributed by atoms with van der Waals surface area (Å²) in [5, 5.41) is 11.6. The molecule has 3 rings (SSSR count). The van der Waals surface area contributed by atoms with Crippen LogP contribution in [0, 0.1) is 5.82 Å². The van der Waals surface area contributed by atoms with Gasteiger partial charge >= 0.3 is 0 Å². The van der Waals surface area contributed by atoms with Gasteiger partial charge in [0.25, 0.3) is 0 Å².